The van der Waals surface area contributed by atoms with Crippen LogP contribution in [0.3, 0.4) is 0 Å². The van der Waals surface area contributed by atoms with E-state index in [1.54, 1.807) is 0 Å². The van der Waals surface area contributed by atoms with Gasteiger partial charge in [-0.25, -0.2) is 0 Å². The Hall–Kier alpha value is -2.29. The van der Waals surface area contributed by atoms with Crippen LogP contribution in [0.5, 0.6) is 0 Å². The van der Waals surface area contributed by atoms with Crippen LogP contribution in [-0.4, -0.2) is 12.5 Å². The molecule has 98 valence electrons. The first-order valence-electron chi connectivity index (χ1n) is 6.30. The minimum Gasteiger partial charge on any atom is -0.376 e. The van der Waals surface area contributed by atoms with Crippen molar-refractivity contribution in [2.75, 3.05) is 17.2 Å². The maximum absolute atomic E-state index is 11.8. The van der Waals surface area contributed by atoms with E-state index in [1.807, 2.05) is 56.3 Å². The standard InChI is InChI=1S/C16H18N2O/c1-12-8-13(2)10-15(9-12)18-16(19)11-17-14-6-4-3-5-7-14/h3-10,17H,11H2,1-2H3,(H,18,19). The Balaban J connectivity index is 1.91. The van der Waals surface area contributed by atoms with Crippen LogP contribution in [-0.2, 0) is 4.79 Å². The number of nitrogens with one attached hydrogen (secondary N) is 2. The van der Waals surface area contributed by atoms with Gasteiger partial charge in [-0.15, -0.1) is 0 Å². The summed E-state index contributed by atoms with van der Waals surface area (Å²) in [6, 6.07) is 15.7. The normalized spacial score (nSPS) is 10.0. The molecule has 0 aliphatic rings. The lowest BCUT2D eigenvalue weighted by Crippen LogP contribution is -2.21. The summed E-state index contributed by atoms with van der Waals surface area (Å²) in [6.07, 6.45) is 0. The summed E-state index contributed by atoms with van der Waals surface area (Å²) in [6.45, 7) is 4.30. The molecule has 0 radical (unpaired) electrons. The van der Waals surface area contributed by atoms with E-state index in [0.717, 1.165) is 22.5 Å². The Bertz CT molecular complexity index is 544. The molecule has 0 fully saturated rings. The predicted molar refractivity (Wildman–Crippen MR) is 79.5 cm³/mol. The molecule has 2 rings (SSSR count). The topological polar surface area (TPSA) is 41.1 Å². The first-order chi connectivity index (χ1) is 9.13. The molecule has 2 aromatic rings. The molecule has 0 spiro atoms. The molecule has 0 bridgehead atoms. The summed E-state index contributed by atoms with van der Waals surface area (Å²) < 4.78 is 0. The number of rotatable bonds is 4. The van der Waals surface area contributed by atoms with E-state index in [1.165, 1.54) is 0 Å². The summed E-state index contributed by atoms with van der Waals surface area (Å²) in [5, 5.41) is 5.97. The highest BCUT2D eigenvalue weighted by molar-refractivity contribution is 5.93. The average molecular weight is 254 g/mol. The van der Waals surface area contributed by atoms with Crippen LogP contribution in [0.25, 0.3) is 0 Å². The van der Waals surface area contributed by atoms with Crippen LogP contribution in [0.1, 0.15) is 11.1 Å². The lowest BCUT2D eigenvalue weighted by atomic mass is 10.1. The van der Waals surface area contributed by atoms with Crippen molar-refractivity contribution in [3.63, 3.8) is 0 Å². The average Bonchev–Trinajstić information content (AvgIpc) is 2.36. The van der Waals surface area contributed by atoms with E-state index in [-0.39, 0.29) is 12.5 Å². The fourth-order valence-corrected chi connectivity index (χ4v) is 1.99. The van der Waals surface area contributed by atoms with E-state index >= 15 is 0 Å². The first kappa shape index (κ1) is 13.1. The molecule has 0 saturated carbocycles. The molecule has 2 N–H and O–H groups in total. The number of carbonyl (C=O) groups excluding carboxylic acids is 1. The van der Waals surface area contributed by atoms with E-state index in [2.05, 4.69) is 16.7 Å². The van der Waals surface area contributed by atoms with Gasteiger partial charge in [-0.3, -0.25) is 4.79 Å². The third-order valence-corrected chi connectivity index (χ3v) is 2.73. The molecular formula is C16H18N2O. The van der Waals surface area contributed by atoms with Gasteiger partial charge >= 0.3 is 0 Å². The van der Waals surface area contributed by atoms with E-state index in [4.69, 9.17) is 0 Å². The summed E-state index contributed by atoms with van der Waals surface area (Å²) in [5.74, 6) is -0.0474. The van der Waals surface area contributed by atoms with Crippen molar-refractivity contribution < 1.29 is 4.79 Å². The summed E-state index contributed by atoms with van der Waals surface area (Å²) in [7, 11) is 0. The van der Waals surface area contributed by atoms with Crippen LogP contribution in [0.2, 0.25) is 0 Å². The smallest absolute Gasteiger partial charge is 0.243 e. The maximum atomic E-state index is 11.8. The minimum atomic E-state index is -0.0474. The third kappa shape index (κ3) is 4.14. The second-order valence-corrected chi connectivity index (χ2v) is 4.64. The van der Waals surface area contributed by atoms with Crippen molar-refractivity contribution in [1.29, 1.82) is 0 Å². The van der Waals surface area contributed by atoms with Crippen LogP contribution < -0.4 is 10.6 Å². The monoisotopic (exact) mass is 254 g/mol. The zero-order valence-corrected chi connectivity index (χ0v) is 11.2. The molecule has 2 aromatic carbocycles. The van der Waals surface area contributed by atoms with Crippen molar-refractivity contribution in [2.24, 2.45) is 0 Å². The quantitative estimate of drug-likeness (QED) is 0.878. The highest BCUT2D eigenvalue weighted by Crippen LogP contribution is 2.13. The fourth-order valence-electron chi connectivity index (χ4n) is 1.99. The Morgan fingerprint density at radius 1 is 0.947 bits per heavy atom. The van der Waals surface area contributed by atoms with E-state index in [9.17, 15) is 4.79 Å². The SMILES string of the molecule is Cc1cc(C)cc(NC(=O)CNc2ccccc2)c1. The molecule has 3 nitrogen and oxygen atoms in total. The van der Waals surface area contributed by atoms with Gasteiger partial charge in [0.05, 0.1) is 6.54 Å². The largest absolute Gasteiger partial charge is 0.376 e. The maximum Gasteiger partial charge on any atom is 0.243 e. The Kier molecular flexibility index (Phi) is 4.18. The molecule has 0 aromatic heterocycles. The van der Waals surface area contributed by atoms with Gasteiger partial charge in [0.25, 0.3) is 0 Å². The molecule has 1 amide bonds. The number of anilines is 2. The molecule has 0 aliphatic carbocycles. The Morgan fingerprint density at radius 3 is 2.21 bits per heavy atom. The molecule has 0 saturated heterocycles. The molecule has 0 aliphatic heterocycles. The first-order valence-corrected chi connectivity index (χ1v) is 6.30. The molecule has 19 heavy (non-hydrogen) atoms. The number of carbonyl (C=O) groups is 1. The van der Waals surface area contributed by atoms with Crippen molar-refractivity contribution in [1.82, 2.24) is 0 Å². The molecular weight excluding hydrogens is 236 g/mol. The lowest BCUT2D eigenvalue weighted by molar-refractivity contribution is -0.114. The fraction of sp³-hybridized carbons (Fsp3) is 0.188. The Morgan fingerprint density at radius 2 is 1.58 bits per heavy atom. The second-order valence-electron chi connectivity index (χ2n) is 4.64. The Labute approximate surface area is 113 Å². The van der Waals surface area contributed by atoms with Gasteiger partial charge in [-0.2, -0.15) is 0 Å². The van der Waals surface area contributed by atoms with E-state index in [0.29, 0.717) is 0 Å². The number of hydrogen-bond donors (Lipinski definition) is 2. The molecule has 0 atom stereocenters. The molecule has 3 heteroatoms. The van der Waals surface area contributed by atoms with Gasteiger partial charge in [-0.1, -0.05) is 24.3 Å². The zero-order chi connectivity index (χ0) is 13.7. The van der Waals surface area contributed by atoms with Gasteiger partial charge in [0.1, 0.15) is 0 Å². The van der Waals surface area contributed by atoms with Crippen molar-refractivity contribution in [3.8, 4) is 0 Å². The molecule has 0 heterocycles. The highest BCUT2D eigenvalue weighted by Gasteiger charge is 2.03. The van der Waals surface area contributed by atoms with Crippen LogP contribution in [0, 0.1) is 13.8 Å². The number of amides is 1. The van der Waals surface area contributed by atoms with Crippen LogP contribution >= 0.6 is 0 Å². The lowest BCUT2D eigenvalue weighted by Gasteiger charge is -2.09. The highest BCUT2D eigenvalue weighted by atomic mass is 16.1. The summed E-state index contributed by atoms with van der Waals surface area (Å²) >= 11 is 0. The van der Waals surface area contributed by atoms with Crippen molar-refractivity contribution >= 4 is 17.3 Å². The summed E-state index contributed by atoms with van der Waals surface area (Å²) in [5.41, 5.74) is 4.08. The van der Waals surface area contributed by atoms with Crippen LogP contribution in [0.15, 0.2) is 48.5 Å². The van der Waals surface area contributed by atoms with Gasteiger partial charge in [0, 0.05) is 11.4 Å². The molecule has 0 unspecified atom stereocenters. The predicted octanol–water partition coefficient (Wildman–Crippen LogP) is 3.35. The zero-order valence-electron chi connectivity index (χ0n) is 11.2. The number of benzene rings is 2. The number of hydrogen-bond acceptors (Lipinski definition) is 2. The minimum absolute atomic E-state index is 0.0474. The van der Waals surface area contributed by atoms with Gasteiger partial charge < -0.3 is 10.6 Å². The van der Waals surface area contributed by atoms with Gasteiger partial charge in [0.2, 0.25) is 5.91 Å². The van der Waals surface area contributed by atoms with Crippen molar-refractivity contribution in [3.05, 3.63) is 59.7 Å². The van der Waals surface area contributed by atoms with Crippen molar-refractivity contribution in [2.45, 2.75) is 13.8 Å². The van der Waals surface area contributed by atoms with Gasteiger partial charge in [0.15, 0.2) is 0 Å². The van der Waals surface area contributed by atoms with Crippen LogP contribution in [0.4, 0.5) is 11.4 Å². The number of para-hydroxylation sites is 1. The third-order valence-electron chi connectivity index (χ3n) is 2.73. The number of aryl methyl sites for hydroxylation is 2. The summed E-state index contributed by atoms with van der Waals surface area (Å²) in [4.78, 5) is 11.8. The van der Waals surface area contributed by atoms with Gasteiger partial charge in [-0.05, 0) is 49.2 Å². The van der Waals surface area contributed by atoms with E-state index < -0.39 is 0 Å². The second kappa shape index (κ2) is 6.05.